The van der Waals surface area contributed by atoms with E-state index in [0.29, 0.717) is 5.41 Å². The highest BCUT2D eigenvalue weighted by Crippen LogP contribution is 2.46. The van der Waals surface area contributed by atoms with Gasteiger partial charge in [-0.15, -0.1) is 0 Å². The Labute approximate surface area is 115 Å². The molecule has 1 fully saturated rings. The first-order valence-corrected chi connectivity index (χ1v) is 8.12. The van der Waals surface area contributed by atoms with Crippen LogP contribution in [-0.2, 0) is 0 Å². The van der Waals surface area contributed by atoms with Crippen LogP contribution in [0.5, 0.6) is 0 Å². The average molecular weight is 253 g/mol. The van der Waals surface area contributed by atoms with Gasteiger partial charge in [0.1, 0.15) is 0 Å². The standard InChI is InChI=1S/C17H35N/c1-7-9-10-15-13-17(4,5)14(3)12-16(15)18(6)11-8-2/h14-16H,7-13H2,1-6H3. The Hall–Kier alpha value is -0.0400. The van der Waals surface area contributed by atoms with Crippen LogP contribution in [0.4, 0.5) is 0 Å². The van der Waals surface area contributed by atoms with Crippen molar-refractivity contribution in [3.8, 4) is 0 Å². The summed E-state index contributed by atoms with van der Waals surface area (Å²) < 4.78 is 0. The Morgan fingerprint density at radius 1 is 1.17 bits per heavy atom. The van der Waals surface area contributed by atoms with Crippen molar-refractivity contribution in [2.24, 2.45) is 17.3 Å². The maximum absolute atomic E-state index is 2.64. The van der Waals surface area contributed by atoms with Crippen molar-refractivity contribution in [1.29, 1.82) is 0 Å². The molecule has 0 saturated heterocycles. The molecule has 3 atom stereocenters. The minimum Gasteiger partial charge on any atom is -0.303 e. The molecule has 1 aliphatic carbocycles. The SMILES string of the molecule is CCCCC1CC(C)(C)C(C)CC1N(C)CCC. The number of hydrogen-bond donors (Lipinski definition) is 0. The van der Waals surface area contributed by atoms with Crippen molar-refractivity contribution in [1.82, 2.24) is 4.90 Å². The average Bonchev–Trinajstić information content (AvgIpc) is 2.30. The van der Waals surface area contributed by atoms with Gasteiger partial charge in [-0.1, -0.05) is 47.5 Å². The predicted molar refractivity (Wildman–Crippen MR) is 81.9 cm³/mol. The molecule has 0 radical (unpaired) electrons. The van der Waals surface area contributed by atoms with Crippen LogP contribution in [-0.4, -0.2) is 24.5 Å². The van der Waals surface area contributed by atoms with Gasteiger partial charge >= 0.3 is 0 Å². The molecule has 0 aliphatic heterocycles. The smallest absolute Gasteiger partial charge is 0.0123 e. The molecule has 1 nitrogen and oxygen atoms in total. The third kappa shape index (κ3) is 3.98. The molecule has 1 heteroatoms. The van der Waals surface area contributed by atoms with Crippen LogP contribution < -0.4 is 0 Å². The van der Waals surface area contributed by atoms with Crippen molar-refractivity contribution >= 4 is 0 Å². The van der Waals surface area contributed by atoms with E-state index in [1.54, 1.807) is 0 Å². The summed E-state index contributed by atoms with van der Waals surface area (Å²) in [5.74, 6) is 1.78. The van der Waals surface area contributed by atoms with Crippen LogP contribution >= 0.6 is 0 Å². The predicted octanol–water partition coefficient (Wildman–Crippen LogP) is 4.96. The van der Waals surface area contributed by atoms with Gasteiger partial charge in [-0.05, 0) is 56.5 Å². The first kappa shape index (κ1) is 16.0. The van der Waals surface area contributed by atoms with Crippen LogP contribution in [0.3, 0.4) is 0 Å². The highest BCUT2D eigenvalue weighted by molar-refractivity contribution is 4.92. The third-order valence-electron chi connectivity index (χ3n) is 5.33. The van der Waals surface area contributed by atoms with Gasteiger partial charge in [-0.2, -0.15) is 0 Å². The van der Waals surface area contributed by atoms with Crippen LogP contribution in [0, 0.1) is 17.3 Å². The second-order valence-electron chi connectivity index (χ2n) is 7.28. The first-order valence-electron chi connectivity index (χ1n) is 8.12. The van der Waals surface area contributed by atoms with Gasteiger partial charge in [0.25, 0.3) is 0 Å². The third-order valence-corrected chi connectivity index (χ3v) is 5.33. The first-order chi connectivity index (χ1) is 8.42. The zero-order valence-corrected chi connectivity index (χ0v) is 13.6. The molecule has 108 valence electrons. The summed E-state index contributed by atoms with van der Waals surface area (Å²) in [6, 6.07) is 0.833. The minimum atomic E-state index is 0.544. The van der Waals surface area contributed by atoms with Crippen LogP contribution in [0.25, 0.3) is 0 Å². The quantitative estimate of drug-likeness (QED) is 0.647. The largest absolute Gasteiger partial charge is 0.303 e. The second kappa shape index (κ2) is 6.93. The van der Waals surface area contributed by atoms with Gasteiger partial charge < -0.3 is 4.90 Å². The highest BCUT2D eigenvalue weighted by Gasteiger charge is 2.40. The maximum Gasteiger partial charge on any atom is 0.0123 e. The molecule has 0 N–H and O–H groups in total. The second-order valence-corrected chi connectivity index (χ2v) is 7.28. The Balaban J connectivity index is 2.71. The molecule has 0 aromatic heterocycles. The van der Waals surface area contributed by atoms with Gasteiger partial charge in [0.15, 0.2) is 0 Å². The number of hydrogen-bond acceptors (Lipinski definition) is 1. The number of unbranched alkanes of at least 4 members (excludes halogenated alkanes) is 1. The molecule has 1 rings (SSSR count). The van der Waals surface area contributed by atoms with E-state index in [9.17, 15) is 0 Å². The highest BCUT2D eigenvalue weighted by atomic mass is 15.1. The molecule has 3 unspecified atom stereocenters. The monoisotopic (exact) mass is 253 g/mol. The summed E-state index contributed by atoms with van der Waals surface area (Å²) >= 11 is 0. The molecule has 18 heavy (non-hydrogen) atoms. The van der Waals surface area contributed by atoms with E-state index in [1.807, 2.05) is 0 Å². The van der Waals surface area contributed by atoms with Gasteiger partial charge in [0.2, 0.25) is 0 Å². The maximum atomic E-state index is 2.64. The molecule has 0 aromatic carbocycles. The lowest BCUT2D eigenvalue weighted by atomic mass is 9.62. The zero-order valence-electron chi connectivity index (χ0n) is 13.6. The minimum absolute atomic E-state index is 0.544. The molecular weight excluding hydrogens is 218 g/mol. The van der Waals surface area contributed by atoms with E-state index in [0.717, 1.165) is 17.9 Å². The van der Waals surface area contributed by atoms with Crippen molar-refractivity contribution in [2.75, 3.05) is 13.6 Å². The summed E-state index contributed by atoms with van der Waals surface area (Å²) in [5, 5.41) is 0. The van der Waals surface area contributed by atoms with E-state index in [1.165, 1.54) is 45.1 Å². The molecule has 0 spiro atoms. The summed E-state index contributed by atoms with van der Waals surface area (Å²) in [6.45, 7) is 13.3. The molecule has 1 saturated carbocycles. The lowest BCUT2D eigenvalue weighted by Gasteiger charge is -2.48. The molecule has 0 bridgehead atoms. The fraction of sp³-hybridized carbons (Fsp3) is 1.00. The summed E-state index contributed by atoms with van der Waals surface area (Å²) in [6.07, 6.45) is 8.30. The van der Waals surface area contributed by atoms with Gasteiger partial charge in [-0.25, -0.2) is 0 Å². The normalized spacial score (nSPS) is 31.8. The molecular formula is C17H35N. The van der Waals surface area contributed by atoms with Crippen LogP contribution in [0.2, 0.25) is 0 Å². The van der Waals surface area contributed by atoms with Crippen molar-refractivity contribution < 1.29 is 0 Å². The lowest BCUT2D eigenvalue weighted by Crippen LogP contribution is -2.47. The molecule has 0 aromatic rings. The summed E-state index contributed by atoms with van der Waals surface area (Å²) in [4.78, 5) is 2.64. The van der Waals surface area contributed by atoms with Crippen LogP contribution in [0.1, 0.15) is 73.1 Å². The number of nitrogens with zero attached hydrogens (tertiary/aromatic N) is 1. The Bertz CT molecular complexity index is 234. The topological polar surface area (TPSA) is 3.24 Å². The van der Waals surface area contributed by atoms with E-state index >= 15 is 0 Å². The van der Waals surface area contributed by atoms with Crippen molar-refractivity contribution in [3.05, 3.63) is 0 Å². The van der Waals surface area contributed by atoms with E-state index < -0.39 is 0 Å². The molecule has 0 heterocycles. The Kier molecular flexibility index (Phi) is 6.17. The fourth-order valence-electron chi connectivity index (χ4n) is 3.71. The fourth-order valence-corrected chi connectivity index (χ4v) is 3.71. The van der Waals surface area contributed by atoms with Crippen LogP contribution in [0.15, 0.2) is 0 Å². The van der Waals surface area contributed by atoms with Gasteiger partial charge in [-0.3, -0.25) is 0 Å². The van der Waals surface area contributed by atoms with E-state index in [2.05, 4.69) is 46.6 Å². The molecule has 1 aliphatic rings. The van der Waals surface area contributed by atoms with Crippen molar-refractivity contribution in [2.45, 2.75) is 79.2 Å². The number of rotatable bonds is 6. The lowest BCUT2D eigenvalue weighted by molar-refractivity contribution is 0.0198. The van der Waals surface area contributed by atoms with Crippen molar-refractivity contribution in [3.63, 3.8) is 0 Å². The molecule has 0 amide bonds. The Morgan fingerprint density at radius 3 is 2.39 bits per heavy atom. The Morgan fingerprint density at radius 2 is 1.83 bits per heavy atom. The summed E-state index contributed by atoms with van der Waals surface area (Å²) in [7, 11) is 2.35. The van der Waals surface area contributed by atoms with Gasteiger partial charge in [0, 0.05) is 6.04 Å². The van der Waals surface area contributed by atoms with E-state index in [-0.39, 0.29) is 0 Å². The van der Waals surface area contributed by atoms with E-state index in [4.69, 9.17) is 0 Å². The van der Waals surface area contributed by atoms with Gasteiger partial charge in [0.05, 0.1) is 0 Å². The zero-order chi connectivity index (χ0) is 13.8. The summed E-state index contributed by atoms with van der Waals surface area (Å²) in [5.41, 5.74) is 0.544.